The van der Waals surface area contributed by atoms with Gasteiger partial charge in [-0.1, -0.05) is 30.2 Å². The molecule has 0 spiro atoms. The Balaban J connectivity index is 1.61. The van der Waals surface area contributed by atoms with Crippen LogP contribution in [0.2, 0.25) is 5.02 Å². The molecule has 7 heteroatoms. The summed E-state index contributed by atoms with van der Waals surface area (Å²) in [6.07, 6.45) is 2.07. The Bertz CT molecular complexity index is 918. The van der Waals surface area contributed by atoms with E-state index in [0.717, 1.165) is 6.42 Å². The molecule has 1 aliphatic rings. The Morgan fingerprint density at radius 2 is 1.93 bits per heavy atom. The van der Waals surface area contributed by atoms with Crippen molar-refractivity contribution in [1.29, 1.82) is 5.26 Å². The summed E-state index contributed by atoms with van der Waals surface area (Å²) in [5, 5.41) is 11.6. The number of hydrogen-bond acceptors (Lipinski definition) is 4. The van der Waals surface area contributed by atoms with Gasteiger partial charge in [0.25, 0.3) is 5.91 Å². The van der Waals surface area contributed by atoms with Crippen LogP contribution in [0.3, 0.4) is 0 Å². The molecule has 0 unspecified atom stereocenters. The normalized spacial score (nSPS) is 14.6. The van der Waals surface area contributed by atoms with E-state index in [9.17, 15) is 14.0 Å². The summed E-state index contributed by atoms with van der Waals surface area (Å²) < 4.78 is 18.4. The molecule has 0 radical (unpaired) electrons. The lowest BCUT2D eigenvalue weighted by Gasteiger charge is -2.39. The van der Waals surface area contributed by atoms with Crippen LogP contribution in [0.15, 0.2) is 42.5 Å². The van der Waals surface area contributed by atoms with Crippen LogP contribution in [0.5, 0.6) is 0 Å². The van der Waals surface area contributed by atoms with Crippen molar-refractivity contribution in [3.63, 3.8) is 0 Å². The third kappa shape index (κ3) is 3.93. The average molecular weight is 387 g/mol. The van der Waals surface area contributed by atoms with Crippen LogP contribution in [0.25, 0.3) is 0 Å². The number of nitrogens with zero attached hydrogens (tertiary/aromatic N) is 1. The van der Waals surface area contributed by atoms with E-state index in [1.165, 1.54) is 30.3 Å². The SMILES string of the molecule is N#Cc1ccc(NC(=O)COC(=O)C2(c3ccc(F)cc3)CCC2)cc1Cl. The van der Waals surface area contributed by atoms with Crippen molar-refractivity contribution in [2.75, 3.05) is 11.9 Å². The molecule has 0 aliphatic heterocycles. The first-order valence-electron chi connectivity index (χ1n) is 8.37. The number of carbonyl (C=O) groups excluding carboxylic acids is 2. The number of hydrogen-bond donors (Lipinski definition) is 1. The smallest absolute Gasteiger partial charge is 0.317 e. The van der Waals surface area contributed by atoms with Gasteiger partial charge in [0.2, 0.25) is 0 Å². The molecule has 0 heterocycles. The molecule has 1 N–H and O–H groups in total. The second-order valence-corrected chi connectivity index (χ2v) is 6.78. The zero-order chi connectivity index (χ0) is 19.4. The first kappa shape index (κ1) is 18.9. The van der Waals surface area contributed by atoms with Gasteiger partial charge in [0, 0.05) is 5.69 Å². The molecule has 0 atom stereocenters. The highest BCUT2D eigenvalue weighted by Gasteiger charge is 2.47. The molecule has 2 aromatic carbocycles. The number of benzene rings is 2. The summed E-state index contributed by atoms with van der Waals surface area (Å²) in [5.74, 6) is -1.38. The molecule has 2 aromatic rings. The molecule has 138 valence electrons. The summed E-state index contributed by atoms with van der Waals surface area (Å²) in [4.78, 5) is 24.6. The number of amides is 1. The zero-order valence-corrected chi connectivity index (χ0v) is 15.1. The predicted molar refractivity (Wildman–Crippen MR) is 97.7 cm³/mol. The second-order valence-electron chi connectivity index (χ2n) is 6.37. The topological polar surface area (TPSA) is 79.2 Å². The largest absolute Gasteiger partial charge is 0.455 e. The van der Waals surface area contributed by atoms with E-state index in [4.69, 9.17) is 21.6 Å². The highest BCUT2D eigenvalue weighted by atomic mass is 35.5. The van der Waals surface area contributed by atoms with Crippen LogP contribution in [0, 0.1) is 17.1 Å². The fraction of sp³-hybridized carbons (Fsp3) is 0.250. The van der Waals surface area contributed by atoms with E-state index < -0.39 is 23.9 Å². The Kier molecular flexibility index (Phi) is 5.43. The van der Waals surface area contributed by atoms with E-state index in [1.807, 2.05) is 6.07 Å². The number of nitrogens with one attached hydrogen (secondary N) is 1. The summed E-state index contributed by atoms with van der Waals surface area (Å²) in [6.45, 7) is -0.445. The Morgan fingerprint density at radius 3 is 2.48 bits per heavy atom. The lowest BCUT2D eigenvalue weighted by Crippen LogP contribution is -2.44. The highest BCUT2D eigenvalue weighted by molar-refractivity contribution is 6.32. The predicted octanol–water partition coefficient (Wildman–Crippen LogP) is 3.95. The molecule has 5 nitrogen and oxygen atoms in total. The number of halogens is 2. The maximum atomic E-state index is 13.1. The number of ether oxygens (including phenoxy) is 1. The monoisotopic (exact) mass is 386 g/mol. The number of carbonyl (C=O) groups is 2. The molecule has 3 rings (SSSR count). The minimum atomic E-state index is -0.814. The second kappa shape index (κ2) is 7.77. The summed E-state index contributed by atoms with van der Waals surface area (Å²) in [5.41, 5.74) is 0.579. The van der Waals surface area contributed by atoms with Gasteiger partial charge >= 0.3 is 5.97 Å². The van der Waals surface area contributed by atoms with Crippen molar-refractivity contribution in [2.24, 2.45) is 0 Å². The lowest BCUT2D eigenvalue weighted by molar-refractivity contribution is -0.156. The summed E-state index contributed by atoms with van der Waals surface area (Å²) in [7, 11) is 0. The number of anilines is 1. The van der Waals surface area contributed by atoms with Crippen LogP contribution in [-0.4, -0.2) is 18.5 Å². The van der Waals surface area contributed by atoms with Crippen molar-refractivity contribution in [2.45, 2.75) is 24.7 Å². The maximum Gasteiger partial charge on any atom is 0.317 e. The first-order chi connectivity index (χ1) is 12.9. The summed E-state index contributed by atoms with van der Waals surface area (Å²) in [6, 6.07) is 12.2. The van der Waals surface area contributed by atoms with Crippen molar-refractivity contribution in [3.8, 4) is 6.07 Å². The van der Waals surface area contributed by atoms with Crippen LogP contribution in [-0.2, 0) is 19.7 Å². The maximum absolute atomic E-state index is 13.1. The highest BCUT2D eigenvalue weighted by Crippen LogP contribution is 2.44. The molecule has 0 saturated heterocycles. The van der Waals surface area contributed by atoms with E-state index in [1.54, 1.807) is 12.1 Å². The zero-order valence-electron chi connectivity index (χ0n) is 14.3. The number of nitriles is 1. The molecular formula is C20H16ClFN2O3. The molecule has 1 saturated carbocycles. The lowest BCUT2D eigenvalue weighted by atomic mass is 9.64. The standard InChI is InChI=1S/C20H16ClFN2O3/c21-17-10-16(7-2-13(17)11-23)24-18(25)12-27-19(26)20(8-1-9-20)14-3-5-15(22)6-4-14/h2-7,10H,1,8-9,12H2,(H,24,25). The van der Waals surface area contributed by atoms with Gasteiger partial charge in [-0.05, 0) is 48.7 Å². The Hall–Kier alpha value is -2.91. The van der Waals surface area contributed by atoms with Crippen molar-refractivity contribution in [1.82, 2.24) is 0 Å². The van der Waals surface area contributed by atoms with Crippen molar-refractivity contribution >= 4 is 29.2 Å². The van der Waals surface area contributed by atoms with E-state index in [2.05, 4.69) is 5.32 Å². The average Bonchev–Trinajstić information content (AvgIpc) is 2.61. The molecule has 1 amide bonds. The van der Waals surface area contributed by atoms with E-state index in [0.29, 0.717) is 29.7 Å². The molecular weight excluding hydrogens is 371 g/mol. The Labute approximate surface area is 160 Å². The van der Waals surface area contributed by atoms with Crippen LogP contribution in [0.4, 0.5) is 10.1 Å². The van der Waals surface area contributed by atoms with Gasteiger partial charge in [-0.3, -0.25) is 9.59 Å². The van der Waals surface area contributed by atoms with Gasteiger partial charge in [-0.2, -0.15) is 5.26 Å². The van der Waals surface area contributed by atoms with Gasteiger partial charge < -0.3 is 10.1 Å². The molecule has 0 aromatic heterocycles. The quantitative estimate of drug-likeness (QED) is 0.789. The summed E-state index contributed by atoms with van der Waals surface area (Å²) >= 11 is 5.92. The van der Waals surface area contributed by atoms with E-state index in [-0.39, 0.29) is 10.8 Å². The molecule has 27 heavy (non-hydrogen) atoms. The minimum absolute atomic E-state index is 0.219. The molecule has 1 aliphatic carbocycles. The van der Waals surface area contributed by atoms with Crippen molar-refractivity contribution in [3.05, 3.63) is 64.4 Å². The third-order valence-corrected chi connectivity index (χ3v) is 5.02. The molecule has 0 bridgehead atoms. The third-order valence-electron chi connectivity index (χ3n) is 4.70. The van der Waals surface area contributed by atoms with Gasteiger partial charge in [-0.25, -0.2) is 4.39 Å². The molecule has 1 fully saturated rings. The Morgan fingerprint density at radius 1 is 1.22 bits per heavy atom. The fourth-order valence-corrected chi connectivity index (χ4v) is 3.28. The van der Waals surface area contributed by atoms with Gasteiger partial charge in [0.15, 0.2) is 6.61 Å². The first-order valence-corrected chi connectivity index (χ1v) is 8.75. The van der Waals surface area contributed by atoms with Gasteiger partial charge in [0.1, 0.15) is 11.9 Å². The van der Waals surface area contributed by atoms with Crippen molar-refractivity contribution < 1.29 is 18.7 Å². The van der Waals surface area contributed by atoms with Crippen LogP contribution >= 0.6 is 11.6 Å². The van der Waals surface area contributed by atoms with Crippen LogP contribution in [0.1, 0.15) is 30.4 Å². The van der Waals surface area contributed by atoms with Gasteiger partial charge in [0.05, 0.1) is 16.0 Å². The number of esters is 1. The minimum Gasteiger partial charge on any atom is -0.455 e. The van der Waals surface area contributed by atoms with Crippen LogP contribution < -0.4 is 5.32 Å². The van der Waals surface area contributed by atoms with E-state index >= 15 is 0 Å². The fourth-order valence-electron chi connectivity index (χ4n) is 3.06. The number of rotatable bonds is 5. The van der Waals surface area contributed by atoms with Gasteiger partial charge in [-0.15, -0.1) is 0 Å².